The molecule has 8 aromatic rings. The zero-order chi connectivity index (χ0) is 33.7. The van der Waals surface area contributed by atoms with Gasteiger partial charge in [0.1, 0.15) is 0 Å². The Kier molecular flexibility index (Phi) is 7.21. The molecule has 0 saturated carbocycles. The second-order valence-corrected chi connectivity index (χ2v) is 13.8. The maximum absolute atomic E-state index is 4.91. The van der Waals surface area contributed by atoms with Gasteiger partial charge in [-0.3, -0.25) is 0 Å². The number of benzene rings is 7. The van der Waals surface area contributed by atoms with Crippen molar-refractivity contribution in [3.8, 4) is 56.4 Å². The van der Waals surface area contributed by atoms with Gasteiger partial charge >= 0.3 is 0 Å². The van der Waals surface area contributed by atoms with E-state index in [9.17, 15) is 0 Å². The van der Waals surface area contributed by atoms with Crippen molar-refractivity contribution in [2.75, 3.05) is 0 Å². The second kappa shape index (κ2) is 12.0. The summed E-state index contributed by atoms with van der Waals surface area (Å²) in [5.74, 6) is 1.98. The Bertz CT molecular complexity index is 2510. The van der Waals surface area contributed by atoms with Gasteiger partial charge in [0.2, 0.25) is 0 Å². The molecule has 238 valence electrons. The van der Waals surface area contributed by atoms with E-state index in [1.54, 1.807) is 0 Å². The van der Waals surface area contributed by atoms with Crippen molar-refractivity contribution in [2.45, 2.75) is 25.7 Å². The fourth-order valence-electron chi connectivity index (χ4n) is 7.50. The lowest BCUT2D eigenvalue weighted by molar-refractivity contribution is 0.534. The SMILES string of the molecule is CC1(C)CC=Cc2c1c1ccccc1c1ccc(-c3cccc(-c4ccc(-c5nc(-c6ccccc6)nc(-c6ccccc6)n5)cc4)c3)cc21. The van der Waals surface area contributed by atoms with Crippen LogP contribution < -0.4 is 0 Å². The summed E-state index contributed by atoms with van der Waals surface area (Å²) in [6, 6.07) is 53.5. The maximum atomic E-state index is 4.91. The molecule has 0 saturated heterocycles. The van der Waals surface area contributed by atoms with Crippen LogP contribution in [0.2, 0.25) is 0 Å². The molecular formula is C47H35N3. The van der Waals surface area contributed by atoms with Gasteiger partial charge in [0, 0.05) is 16.7 Å². The molecule has 0 N–H and O–H groups in total. The van der Waals surface area contributed by atoms with Gasteiger partial charge in [-0.15, -0.1) is 0 Å². The van der Waals surface area contributed by atoms with Crippen LogP contribution in [-0.4, -0.2) is 15.0 Å². The van der Waals surface area contributed by atoms with Crippen LogP contribution in [0, 0.1) is 0 Å². The van der Waals surface area contributed by atoms with Crippen molar-refractivity contribution in [3.63, 3.8) is 0 Å². The molecule has 1 aliphatic rings. The lowest BCUT2D eigenvalue weighted by Crippen LogP contribution is -2.20. The number of hydrogen-bond acceptors (Lipinski definition) is 3. The van der Waals surface area contributed by atoms with Gasteiger partial charge < -0.3 is 0 Å². The molecule has 3 nitrogen and oxygen atoms in total. The topological polar surface area (TPSA) is 38.7 Å². The quantitative estimate of drug-likeness (QED) is 0.176. The summed E-state index contributed by atoms with van der Waals surface area (Å²) < 4.78 is 0. The van der Waals surface area contributed by atoms with Gasteiger partial charge in [0.05, 0.1) is 0 Å². The lowest BCUT2D eigenvalue weighted by atomic mass is 9.72. The minimum absolute atomic E-state index is 0.0769. The van der Waals surface area contributed by atoms with E-state index in [2.05, 4.69) is 117 Å². The highest BCUT2D eigenvalue weighted by Gasteiger charge is 2.28. The Balaban J connectivity index is 1.09. The van der Waals surface area contributed by atoms with E-state index < -0.39 is 0 Å². The number of nitrogens with zero attached hydrogens (tertiary/aromatic N) is 3. The molecule has 0 spiro atoms. The summed E-state index contributed by atoms with van der Waals surface area (Å²) in [4.78, 5) is 14.7. The summed E-state index contributed by atoms with van der Waals surface area (Å²) in [6.07, 6.45) is 5.73. The molecule has 3 heteroatoms. The Morgan fingerprint density at radius 1 is 0.400 bits per heavy atom. The minimum Gasteiger partial charge on any atom is -0.208 e. The molecular weight excluding hydrogens is 607 g/mol. The van der Waals surface area contributed by atoms with Crippen LogP contribution in [0.4, 0.5) is 0 Å². The molecule has 0 fully saturated rings. The van der Waals surface area contributed by atoms with Crippen molar-refractivity contribution in [1.82, 2.24) is 15.0 Å². The standard InChI is InChI=1S/C47H35N3/c1-47(2)28-12-21-41-42-30-37(26-27-39(42)38-19-9-10-20-40(38)43(41)47)36-18-11-17-35(29-36)31-22-24-34(25-23-31)46-49-44(32-13-5-3-6-14-32)48-45(50-46)33-15-7-4-8-16-33/h3-27,29-30H,28H2,1-2H3. The maximum Gasteiger partial charge on any atom is 0.164 e. The van der Waals surface area contributed by atoms with Crippen molar-refractivity contribution >= 4 is 27.6 Å². The van der Waals surface area contributed by atoms with Gasteiger partial charge in [0.15, 0.2) is 17.5 Å². The summed E-state index contributed by atoms with van der Waals surface area (Å²) >= 11 is 0. The van der Waals surface area contributed by atoms with Crippen LogP contribution in [0.15, 0.2) is 158 Å². The largest absolute Gasteiger partial charge is 0.208 e. The fourth-order valence-corrected chi connectivity index (χ4v) is 7.50. The lowest BCUT2D eigenvalue weighted by Gasteiger charge is -2.32. The van der Waals surface area contributed by atoms with Crippen molar-refractivity contribution in [1.29, 1.82) is 0 Å². The molecule has 1 aliphatic carbocycles. The van der Waals surface area contributed by atoms with Crippen LogP contribution in [0.5, 0.6) is 0 Å². The molecule has 1 heterocycles. The minimum atomic E-state index is 0.0769. The first-order valence-electron chi connectivity index (χ1n) is 17.3. The van der Waals surface area contributed by atoms with Gasteiger partial charge in [-0.25, -0.2) is 15.0 Å². The molecule has 1 aromatic heterocycles. The highest BCUT2D eigenvalue weighted by Crippen LogP contribution is 2.45. The second-order valence-electron chi connectivity index (χ2n) is 13.8. The average Bonchev–Trinajstić information content (AvgIpc) is 3.18. The smallest absolute Gasteiger partial charge is 0.164 e. The van der Waals surface area contributed by atoms with E-state index in [4.69, 9.17) is 15.0 Å². The number of hydrogen-bond donors (Lipinski definition) is 0. The predicted octanol–water partition coefficient (Wildman–Crippen LogP) is 12.2. The zero-order valence-corrected chi connectivity index (χ0v) is 28.1. The Morgan fingerprint density at radius 3 is 1.50 bits per heavy atom. The highest BCUT2D eigenvalue weighted by atomic mass is 15.0. The molecule has 0 aliphatic heterocycles. The third-order valence-corrected chi connectivity index (χ3v) is 10.0. The molecule has 7 aromatic carbocycles. The molecule has 0 radical (unpaired) electrons. The van der Waals surface area contributed by atoms with Gasteiger partial charge in [-0.05, 0) is 78.9 Å². The summed E-state index contributed by atoms with van der Waals surface area (Å²) in [6.45, 7) is 4.74. The van der Waals surface area contributed by atoms with E-state index in [0.717, 1.165) is 28.7 Å². The van der Waals surface area contributed by atoms with Crippen LogP contribution in [0.3, 0.4) is 0 Å². The van der Waals surface area contributed by atoms with Crippen molar-refractivity contribution in [2.24, 2.45) is 0 Å². The predicted molar refractivity (Wildman–Crippen MR) is 209 cm³/mol. The van der Waals surface area contributed by atoms with Gasteiger partial charge in [-0.1, -0.05) is 166 Å². The Morgan fingerprint density at radius 2 is 0.860 bits per heavy atom. The number of allylic oxidation sites excluding steroid dienone is 1. The van der Waals surface area contributed by atoms with Gasteiger partial charge in [0.25, 0.3) is 0 Å². The number of fused-ring (bicyclic) bond motifs is 6. The first-order valence-corrected chi connectivity index (χ1v) is 17.3. The van der Waals surface area contributed by atoms with E-state index in [1.807, 2.05) is 60.7 Å². The molecule has 9 rings (SSSR count). The molecule has 0 atom stereocenters. The molecule has 0 unspecified atom stereocenters. The van der Waals surface area contributed by atoms with E-state index in [1.165, 1.54) is 49.4 Å². The van der Waals surface area contributed by atoms with Crippen LogP contribution >= 0.6 is 0 Å². The van der Waals surface area contributed by atoms with Crippen LogP contribution in [0.25, 0.3) is 84.0 Å². The highest BCUT2D eigenvalue weighted by molar-refractivity contribution is 6.14. The average molecular weight is 642 g/mol. The molecule has 0 bridgehead atoms. The Hall–Kier alpha value is -6.19. The summed E-state index contributed by atoms with van der Waals surface area (Å²) in [7, 11) is 0. The van der Waals surface area contributed by atoms with Crippen LogP contribution in [0.1, 0.15) is 31.4 Å². The normalized spacial score (nSPS) is 13.4. The first kappa shape index (κ1) is 29.9. The zero-order valence-electron chi connectivity index (χ0n) is 28.1. The third kappa shape index (κ3) is 5.28. The van der Waals surface area contributed by atoms with Gasteiger partial charge in [-0.2, -0.15) is 0 Å². The van der Waals surface area contributed by atoms with Crippen molar-refractivity contribution < 1.29 is 0 Å². The first-order chi connectivity index (χ1) is 24.5. The van der Waals surface area contributed by atoms with E-state index >= 15 is 0 Å². The van der Waals surface area contributed by atoms with E-state index in [-0.39, 0.29) is 5.41 Å². The van der Waals surface area contributed by atoms with Crippen molar-refractivity contribution in [3.05, 3.63) is 169 Å². The Labute approximate surface area is 292 Å². The number of rotatable bonds is 5. The van der Waals surface area contributed by atoms with Crippen LogP contribution in [-0.2, 0) is 5.41 Å². The molecule has 50 heavy (non-hydrogen) atoms. The summed E-state index contributed by atoms with van der Waals surface area (Å²) in [5, 5.41) is 5.32. The molecule has 0 amide bonds. The summed E-state index contributed by atoms with van der Waals surface area (Å²) in [5.41, 5.74) is 10.5. The monoisotopic (exact) mass is 641 g/mol. The fraction of sp³-hybridized carbons (Fsp3) is 0.0851. The number of aromatic nitrogens is 3. The van der Waals surface area contributed by atoms with E-state index in [0.29, 0.717) is 17.5 Å². The third-order valence-electron chi connectivity index (χ3n) is 10.0.